The molecule has 0 saturated heterocycles. The highest BCUT2D eigenvalue weighted by Crippen LogP contribution is 2.22. The van der Waals surface area contributed by atoms with Crippen molar-refractivity contribution in [2.75, 3.05) is 6.54 Å². The van der Waals surface area contributed by atoms with E-state index in [1.807, 2.05) is 16.8 Å². The zero-order valence-electron chi connectivity index (χ0n) is 12.3. The number of thiophene rings is 1. The zero-order chi connectivity index (χ0) is 17.2. The molecule has 0 aliphatic rings. The summed E-state index contributed by atoms with van der Waals surface area (Å²) in [6.07, 6.45) is 3.27. The van der Waals surface area contributed by atoms with Gasteiger partial charge < -0.3 is 0 Å². The highest BCUT2D eigenvalue weighted by atomic mass is 32.2. The first-order valence-electron chi connectivity index (χ1n) is 6.94. The average Bonchev–Trinajstić information content (AvgIpc) is 3.20. The molecule has 3 rings (SSSR count). The Bertz CT molecular complexity index is 856. The van der Waals surface area contributed by atoms with Gasteiger partial charge in [0.2, 0.25) is 10.0 Å². The van der Waals surface area contributed by atoms with Crippen molar-refractivity contribution in [1.82, 2.24) is 14.5 Å². The van der Waals surface area contributed by atoms with Crippen LogP contribution in [0.15, 0.2) is 58.4 Å². The van der Waals surface area contributed by atoms with Gasteiger partial charge in [0.25, 0.3) is 0 Å². The number of hydrogen-bond acceptors (Lipinski definition) is 4. The number of nitrogens with one attached hydrogen (secondary N) is 1. The van der Waals surface area contributed by atoms with Gasteiger partial charge in [0.1, 0.15) is 11.6 Å². The first-order valence-corrected chi connectivity index (χ1v) is 9.36. The lowest BCUT2D eigenvalue weighted by Gasteiger charge is -2.18. The number of rotatable bonds is 6. The summed E-state index contributed by atoms with van der Waals surface area (Å²) in [5.74, 6) is -2.26. The van der Waals surface area contributed by atoms with E-state index in [-0.39, 0.29) is 6.54 Å². The Kier molecular flexibility index (Phi) is 4.74. The molecule has 0 fully saturated rings. The summed E-state index contributed by atoms with van der Waals surface area (Å²) >= 11 is 1.46. The fourth-order valence-corrected chi connectivity index (χ4v) is 4.17. The predicted octanol–water partition coefficient (Wildman–Crippen LogP) is 2.79. The minimum Gasteiger partial charge on any atom is -0.264 e. The monoisotopic (exact) mass is 369 g/mol. The van der Waals surface area contributed by atoms with Gasteiger partial charge in [0.05, 0.1) is 6.04 Å². The third-order valence-corrected chi connectivity index (χ3v) is 5.60. The molecule has 0 aliphatic carbocycles. The third kappa shape index (κ3) is 3.37. The Hall–Kier alpha value is -2.10. The summed E-state index contributed by atoms with van der Waals surface area (Å²) in [7, 11) is -4.34. The van der Waals surface area contributed by atoms with Crippen LogP contribution in [0.1, 0.15) is 11.6 Å². The van der Waals surface area contributed by atoms with Crippen LogP contribution in [-0.2, 0) is 10.0 Å². The molecule has 3 aromatic rings. The van der Waals surface area contributed by atoms with E-state index >= 15 is 0 Å². The first kappa shape index (κ1) is 16.7. The summed E-state index contributed by atoms with van der Waals surface area (Å²) < 4.78 is 55.9. The largest absolute Gasteiger partial charge is 0.264 e. The Morgan fingerprint density at radius 2 is 1.96 bits per heavy atom. The van der Waals surface area contributed by atoms with Crippen LogP contribution < -0.4 is 4.72 Å². The molecule has 5 nitrogen and oxygen atoms in total. The summed E-state index contributed by atoms with van der Waals surface area (Å²) in [6.45, 7) is -0.0888. The normalized spacial score (nSPS) is 13.1. The van der Waals surface area contributed by atoms with Crippen LogP contribution in [-0.4, -0.2) is 24.7 Å². The van der Waals surface area contributed by atoms with Gasteiger partial charge in [-0.2, -0.15) is 16.4 Å². The quantitative estimate of drug-likeness (QED) is 0.727. The number of benzene rings is 1. The van der Waals surface area contributed by atoms with Crippen molar-refractivity contribution in [3.05, 3.63) is 70.7 Å². The van der Waals surface area contributed by atoms with Crippen LogP contribution in [0, 0.1) is 11.6 Å². The lowest BCUT2D eigenvalue weighted by atomic mass is 10.1. The second-order valence-electron chi connectivity index (χ2n) is 4.96. The van der Waals surface area contributed by atoms with Crippen molar-refractivity contribution in [2.24, 2.45) is 0 Å². The Balaban J connectivity index is 1.87. The number of aromatic nitrogens is 2. The van der Waals surface area contributed by atoms with E-state index in [1.165, 1.54) is 11.3 Å². The molecular formula is C15H13F2N3O2S2. The molecule has 0 spiro atoms. The fraction of sp³-hybridized carbons (Fsp3) is 0.133. The fourth-order valence-electron chi connectivity index (χ4n) is 2.29. The van der Waals surface area contributed by atoms with Gasteiger partial charge in [0, 0.05) is 18.9 Å². The smallest absolute Gasteiger partial charge is 0.246 e. The molecule has 2 aromatic heterocycles. The molecule has 1 aromatic carbocycles. The van der Waals surface area contributed by atoms with Crippen molar-refractivity contribution >= 4 is 21.4 Å². The van der Waals surface area contributed by atoms with E-state index in [1.54, 1.807) is 23.1 Å². The van der Waals surface area contributed by atoms with Crippen LogP contribution in [0.25, 0.3) is 0 Å². The molecular weight excluding hydrogens is 356 g/mol. The number of nitrogens with zero attached hydrogens (tertiary/aromatic N) is 2. The highest BCUT2D eigenvalue weighted by molar-refractivity contribution is 7.89. The molecule has 1 N–H and O–H groups in total. The van der Waals surface area contributed by atoms with Crippen LogP contribution in [0.4, 0.5) is 8.78 Å². The molecule has 24 heavy (non-hydrogen) atoms. The summed E-state index contributed by atoms with van der Waals surface area (Å²) in [5, 5.41) is 7.84. The van der Waals surface area contributed by atoms with Gasteiger partial charge in [-0.1, -0.05) is 6.07 Å². The van der Waals surface area contributed by atoms with E-state index in [2.05, 4.69) is 9.82 Å². The highest BCUT2D eigenvalue weighted by Gasteiger charge is 2.25. The second-order valence-corrected chi connectivity index (χ2v) is 7.45. The van der Waals surface area contributed by atoms with E-state index in [4.69, 9.17) is 0 Å². The van der Waals surface area contributed by atoms with Gasteiger partial charge in [-0.05, 0) is 40.6 Å². The Morgan fingerprint density at radius 3 is 2.54 bits per heavy atom. The molecule has 1 unspecified atom stereocenters. The van der Waals surface area contributed by atoms with E-state index in [0.29, 0.717) is 0 Å². The minimum absolute atomic E-state index is 0.0888. The first-order chi connectivity index (χ1) is 11.5. The SMILES string of the molecule is O=S(=O)(NCC(c1ccsc1)n1cccn1)c1c(F)cccc1F. The van der Waals surface area contributed by atoms with Crippen LogP contribution in [0.5, 0.6) is 0 Å². The van der Waals surface area contributed by atoms with E-state index in [9.17, 15) is 17.2 Å². The maximum Gasteiger partial charge on any atom is 0.246 e. The lowest BCUT2D eigenvalue weighted by Crippen LogP contribution is -2.32. The molecule has 1 atom stereocenters. The Morgan fingerprint density at radius 1 is 1.21 bits per heavy atom. The maximum absolute atomic E-state index is 13.7. The number of hydrogen-bond donors (Lipinski definition) is 1. The standard InChI is InChI=1S/C15H13F2N3O2S2/c16-12-3-1-4-13(17)15(12)24(21,22)19-9-14(11-5-8-23-10-11)20-7-2-6-18-20/h1-8,10,14,19H,9H2. The summed E-state index contributed by atoms with van der Waals surface area (Å²) in [5.41, 5.74) is 0.848. The topological polar surface area (TPSA) is 64.0 Å². The summed E-state index contributed by atoms with van der Waals surface area (Å²) in [6, 6.07) is 6.06. The number of halogens is 2. The van der Waals surface area contributed by atoms with Gasteiger partial charge in [-0.3, -0.25) is 4.68 Å². The van der Waals surface area contributed by atoms with E-state index in [0.717, 1.165) is 23.8 Å². The molecule has 9 heteroatoms. The van der Waals surface area contributed by atoms with E-state index < -0.39 is 32.6 Å². The van der Waals surface area contributed by atoms with Crippen molar-refractivity contribution in [2.45, 2.75) is 10.9 Å². The van der Waals surface area contributed by atoms with Gasteiger partial charge in [-0.15, -0.1) is 0 Å². The zero-order valence-corrected chi connectivity index (χ0v) is 13.9. The van der Waals surface area contributed by atoms with Gasteiger partial charge in [0.15, 0.2) is 4.90 Å². The average molecular weight is 369 g/mol. The minimum atomic E-state index is -4.34. The summed E-state index contributed by atoms with van der Waals surface area (Å²) in [4.78, 5) is -0.977. The molecule has 2 heterocycles. The predicted molar refractivity (Wildman–Crippen MR) is 86.2 cm³/mol. The third-order valence-electron chi connectivity index (χ3n) is 3.43. The lowest BCUT2D eigenvalue weighted by molar-refractivity contribution is 0.492. The van der Waals surface area contributed by atoms with Crippen molar-refractivity contribution in [1.29, 1.82) is 0 Å². The molecule has 0 radical (unpaired) electrons. The molecule has 126 valence electrons. The van der Waals surface area contributed by atoms with Gasteiger partial charge in [-0.25, -0.2) is 21.9 Å². The van der Waals surface area contributed by atoms with Crippen molar-refractivity contribution in [3.63, 3.8) is 0 Å². The van der Waals surface area contributed by atoms with Crippen molar-refractivity contribution in [3.8, 4) is 0 Å². The van der Waals surface area contributed by atoms with Gasteiger partial charge >= 0.3 is 0 Å². The maximum atomic E-state index is 13.7. The van der Waals surface area contributed by atoms with Crippen LogP contribution in [0.2, 0.25) is 0 Å². The van der Waals surface area contributed by atoms with Crippen LogP contribution >= 0.6 is 11.3 Å². The molecule has 0 bridgehead atoms. The molecule has 0 aliphatic heterocycles. The number of sulfonamides is 1. The molecule has 0 amide bonds. The Labute approximate surface area is 141 Å². The van der Waals surface area contributed by atoms with Crippen LogP contribution in [0.3, 0.4) is 0 Å². The molecule has 0 saturated carbocycles. The second kappa shape index (κ2) is 6.80. The van der Waals surface area contributed by atoms with Crippen molar-refractivity contribution < 1.29 is 17.2 Å².